The number of ether oxygens (including phenoxy) is 2. The molecule has 0 spiro atoms. The fourth-order valence-corrected chi connectivity index (χ4v) is 4.89. The van der Waals surface area contributed by atoms with Crippen LogP contribution in [0.15, 0.2) is 60.7 Å². The van der Waals surface area contributed by atoms with Crippen LogP contribution in [0, 0.1) is 11.8 Å². The fourth-order valence-electron chi connectivity index (χ4n) is 4.89. The molecule has 5 amide bonds. The van der Waals surface area contributed by atoms with Gasteiger partial charge in [0.15, 0.2) is 0 Å². The lowest BCUT2D eigenvalue weighted by atomic mass is 9.98. The van der Waals surface area contributed by atoms with Crippen LogP contribution in [0.2, 0.25) is 0 Å². The van der Waals surface area contributed by atoms with Gasteiger partial charge in [-0.25, -0.2) is 0 Å². The molecule has 0 aliphatic heterocycles. The molecule has 2 aromatic carbocycles. The van der Waals surface area contributed by atoms with Crippen molar-refractivity contribution in [1.82, 2.24) is 26.6 Å². The van der Waals surface area contributed by atoms with Gasteiger partial charge in [-0.2, -0.15) is 13.2 Å². The molecule has 54 heavy (non-hydrogen) atoms. The molecule has 0 fully saturated rings. The maximum absolute atomic E-state index is 13.8. The quantitative estimate of drug-likeness (QED) is 0.119. The molecule has 0 saturated heterocycles. The second-order valence-corrected chi connectivity index (χ2v) is 13.2. The number of nitrogens with one attached hydrogen (secondary N) is 5. The monoisotopic (exact) mass is 763 g/mol. The summed E-state index contributed by atoms with van der Waals surface area (Å²) < 4.78 is 51.1. The summed E-state index contributed by atoms with van der Waals surface area (Å²) in [6.45, 7) is 6.24. The highest BCUT2D eigenvalue weighted by atomic mass is 19.4. The number of esters is 1. The van der Waals surface area contributed by atoms with Gasteiger partial charge in [-0.05, 0) is 29.4 Å². The van der Waals surface area contributed by atoms with Gasteiger partial charge in [0.1, 0.15) is 24.7 Å². The summed E-state index contributed by atoms with van der Waals surface area (Å²) in [6, 6.07) is 10.7. The average molecular weight is 764 g/mol. The highest BCUT2D eigenvalue weighted by molar-refractivity contribution is 5.98. The molecule has 0 aliphatic carbocycles. The first-order valence-corrected chi connectivity index (χ1v) is 17.2. The Morgan fingerprint density at radius 1 is 0.685 bits per heavy atom. The number of hydrogen-bond acceptors (Lipinski definition) is 9. The molecule has 4 atom stereocenters. The summed E-state index contributed by atoms with van der Waals surface area (Å²) in [7, 11) is 0. The van der Waals surface area contributed by atoms with Gasteiger partial charge >= 0.3 is 12.1 Å². The van der Waals surface area contributed by atoms with Crippen LogP contribution in [0.5, 0.6) is 0 Å². The predicted octanol–water partition coefficient (Wildman–Crippen LogP) is 2.25. The second-order valence-electron chi connectivity index (χ2n) is 13.2. The van der Waals surface area contributed by atoms with E-state index < -0.39 is 90.5 Å². The third-order valence-corrected chi connectivity index (χ3v) is 7.66. The zero-order valence-electron chi connectivity index (χ0n) is 30.8. The van der Waals surface area contributed by atoms with Gasteiger partial charge < -0.3 is 36.1 Å². The number of hydrogen-bond donors (Lipinski definition) is 5. The molecular formula is C37H48F3N5O9. The van der Waals surface area contributed by atoms with E-state index >= 15 is 0 Å². The van der Waals surface area contributed by atoms with E-state index in [0.29, 0.717) is 5.56 Å². The normalized spacial score (nSPS) is 13.5. The van der Waals surface area contributed by atoms with Crippen molar-refractivity contribution >= 4 is 41.3 Å². The minimum atomic E-state index is -5.29. The lowest BCUT2D eigenvalue weighted by Gasteiger charge is -2.28. The number of halogens is 3. The summed E-state index contributed by atoms with van der Waals surface area (Å²) in [4.78, 5) is 89.8. The number of rotatable bonds is 21. The minimum absolute atomic E-state index is 0.0248. The highest BCUT2D eigenvalue weighted by Crippen LogP contribution is 2.21. The molecule has 0 saturated carbocycles. The van der Waals surface area contributed by atoms with Gasteiger partial charge in [0.25, 0.3) is 5.78 Å². The molecular weight excluding hydrogens is 715 g/mol. The second kappa shape index (κ2) is 22.0. The number of carbonyl (C=O) groups is 7. The van der Waals surface area contributed by atoms with Crippen molar-refractivity contribution in [2.24, 2.45) is 11.8 Å². The van der Waals surface area contributed by atoms with Gasteiger partial charge in [-0.3, -0.25) is 33.6 Å². The average Bonchev–Trinajstić information content (AvgIpc) is 3.10. The first-order valence-electron chi connectivity index (χ1n) is 17.2. The van der Waals surface area contributed by atoms with E-state index in [4.69, 9.17) is 9.47 Å². The van der Waals surface area contributed by atoms with E-state index in [0.717, 1.165) is 5.56 Å². The Hall–Kier alpha value is -5.32. The van der Waals surface area contributed by atoms with Crippen LogP contribution >= 0.6 is 0 Å². The zero-order valence-corrected chi connectivity index (χ0v) is 30.8. The number of Topliss-reactive ketones (excluding diaryl/α,β-unsaturated/α-hetero) is 1. The van der Waals surface area contributed by atoms with Crippen LogP contribution in [0.25, 0.3) is 0 Å². The maximum atomic E-state index is 13.8. The summed E-state index contributed by atoms with van der Waals surface area (Å²) in [5.74, 6) is -8.88. The Bertz CT molecular complexity index is 1570. The van der Waals surface area contributed by atoms with Crippen molar-refractivity contribution in [3.63, 3.8) is 0 Å². The Balaban J connectivity index is 2.33. The molecule has 17 heteroatoms. The van der Waals surface area contributed by atoms with Crippen molar-refractivity contribution in [3.05, 3.63) is 71.8 Å². The minimum Gasteiger partial charge on any atom is -0.461 e. The Morgan fingerprint density at radius 2 is 1.20 bits per heavy atom. The fraction of sp³-hybridized carbons (Fsp3) is 0.486. The standard InChI is InChI=1S/C37H48F3N5O9/c1-22(2)16-27(43-36(52)29(42-30(47)18-41-24(5)46)21-53-19-25-12-8-6-9-13-25)34(50)44-28(17-31(48)54-20-26-14-10-7-11-15-26)35(51)45-32(23(3)4)33(49)37(38,39)40/h6-15,22-23,27-29,32H,16-21H2,1-5H3,(H,41,46)(H,42,47)(H,43,52)(H,44,50)(H,45,51)/t27-,28-,29-,32-/m0/s1. The smallest absolute Gasteiger partial charge is 0.452 e. The van der Waals surface area contributed by atoms with Crippen LogP contribution < -0.4 is 26.6 Å². The molecule has 2 aromatic rings. The summed E-state index contributed by atoms with van der Waals surface area (Å²) in [5, 5.41) is 11.6. The van der Waals surface area contributed by atoms with Gasteiger partial charge in [-0.15, -0.1) is 0 Å². The van der Waals surface area contributed by atoms with Gasteiger partial charge in [0.2, 0.25) is 29.5 Å². The Morgan fingerprint density at radius 3 is 1.72 bits per heavy atom. The number of benzene rings is 2. The van der Waals surface area contributed by atoms with Crippen LogP contribution in [0.4, 0.5) is 13.2 Å². The van der Waals surface area contributed by atoms with Crippen LogP contribution in [-0.2, 0) is 56.2 Å². The third-order valence-electron chi connectivity index (χ3n) is 7.66. The van der Waals surface area contributed by atoms with E-state index in [1.165, 1.54) is 20.8 Å². The molecule has 296 valence electrons. The van der Waals surface area contributed by atoms with Gasteiger partial charge in [0, 0.05) is 6.92 Å². The number of amides is 5. The number of carbonyl (C=O) groups excluding carboxylic acids is 7. The third kappa shape index (κ3) is 16.6. The summed E-state index contributed by atoms with van der Waals surface area (Å²) >= 11 is 0. The molecule has 0 aliphatic rings. The van der Waals surface area contributed by atoms with Gasteiger partial charge in [-0.1, -0.05) is 88.4 Å². The van der Waals surface area contributed by atoms with Crippen molar-refractivity contribution in [3.8, 4) is 0 Å². The Kier molecular flexibility index (Phi) is 18.3. The van der Waals surface area contributed by atoms with Crippen molar-refractivity contribution in [1.29, 1.82) is 0 Å². The molecule has 0 aromatic heterocycles. The summed E-state index contributed by atoms with van der Waals surface area (Å²) in [5.41, 5.74) is 1.36. The van der Waals surface area contributed by atoms with E-state index in [1.807, 2.05) is 5.32 Å². The van der Waals surface area contributed by atoms with Gasteiger partial charge in [0.05, 0.1) is 32.2 Å². The first-order chi connectivity index (χ1) is 25.4. The Labute approximate surface area is 311 Å². The van der Waals surface area contributed by atoms with Crippen LogP contribution in [-0.4, -0.2) is 84.8 Å². The summed E-state index contributed by atoms with van der Waals surface area (Å²) in [6.07, 6.45) is -6.16. The molecule has 0 bridgehead atoms. The topological polar surface area (TPSA) is 198 Å². The van der Waals surface area contributed by atoms with E-state index in [2.05, 4.69) is 21.3 Å². The first kappa shape index (κ1) is 44.8. The van der Waals surface area contributed by atoms with E-state index in [1.54, 1.807) is 74.5 Å². The zero-order chi connectivity index (χ0) is 40.4. The predicted molar refractivity (Wildman–Crippen MR) is 189 cm³/mol. The van der Waals surface area contributed by atoms with Crippen LogP contribution in [0.1, 0.15) is 58.6 Å². The lowest BCUT2D eigenvalue weighted by molar-refractivity contribution is -0.175. The molecule has 5 N–H and O–H groups in total. The molecule has 14 nitrogen and oxygen atoms in total. The molecule has 0 heterocycles. The molecule has 0 radical (unpaired) electrons. The molecule has 0 unspecified atom stereocenters. The lowest BCUT2D eigenvalue weighted by Crippen LogP contribution is -2.60. The van der Waals surface area contributed by atoms with E-state index in [-0.39, 0.29) is 32.2 Å². The molecule has 2 rings (SSSR count). The highest BCUT2D eigenvalue weighted by Gasteiger charge is 2.45. The number of alkyl halides is 3. The van der Waals surface area contributed by atoms with Crippen molar-refractivity contribution in [2.75, 3.05) is 13.2 Å². The van der Waals surface area contributed by atoms with E-state index in [9.17, 15) is 46.7 Å². The maximum Gasteiger partial charge on any atom is 0.452 e. The van der Waals surface area contributed by atoms with Crippen molar-refractivity contribution < 1.29 is 56.2 Å². The van der Waals surface area contributed by atoms with Crippen molar-refractivity contribution in [2.45, 2.75) is 91.0 Å². The largest absolute Gasteiger partial charge is 0.461 e. The number of ketones is 1. The van der Waals surface area contributed by atoms with Crippen LogP contribution in [0.3, 0.4) is 0 Å². The SMILES string of the molecule is CC(=O)NCC(=O)N[C@@H](COCc1ccccc1)C(=O)N[C@@H](CC(C)C)C(=O)N[C@@H](CC(=O)OCc1ccccc1)C(=O)N[C@H](C(=O)C(F)(F)F)C(C)C.